The zero-order valence-corrected chi connectivity index (χ0v) is 28.9. The van der Waals surface area contributed by atoms with Crippen LogP contribution in [0.5, 0.6) is 5.75 Å². The van der Waals surface area contributed by atoms with Crippen molar-refractivity contribution in [3.8, 4) is 50.7 Å². The van der Waals surface area contributed by atoms with Gasteiger partial charge in [0.15, 0.2) is 16.0 Å². The van der Waals surface area contributed by atoms with Gasteiger partial charge in [0.05, 0.1) is 11.1 Å². The van der Waals surface area contributed by atoms with Gasteiger partial charge in [-0.05, 0) is 103 Å². The van der Waals surface area contributed by atoms with Crippen LogP contribution < -0.4 is 21.5 Å². The molecule has 0 fully saturated rings. The van der Waals surface area contributed by atoms with Crippen molar-refractivity contribution in [2.24, 2.45) is 0 Å². The van der Waals surface area contributed by atoms with E-state index < -0.39 is 11.9 Å². The lowest BCUT2D eigenvalue weighted by Gasteiger charge is -2.19. The number of rotatable bonds is 6. The molecule has 54 heavy (non-hydrogen) atoms. The molecule has 12 heteroatoms. The van der Waals surface area contributed by atoms with Crippen LogP contribution in [0.25, 0.3) is 66.8 Å². The minimum absolute atomic E-state index is 0.0349. The second kappa shape index (κ2) is 13.0. The topological polar surface area (TPSA) is 179 Å². The molecule has 4 aromatic carbocycles. The summed E-state index contributed by atoms with van der Waals surface area (Å²) in [6.45, 7) is 1.90. The van der Waals surface area contributed by atoms with Gasteiger partial charge in [-0.25, -0.2) is 9.59 Å². The first-order chi connectivity index (χ1) is 25.9. The van der Waals surface area contributed by atoms with E-state index in [2.05, 4.69) is 10.6 Å². The molecule has 0 bridgehead atoms. The molecule has 0 amide bonds. The number of hydrogen-bond acceptors (Lipinski definition) is 8. The number of fused-ring (bicyclic) bond motifs is 4. The molecule has 0 spiro atoms. The Labute approximate surface area is 310 Å². The van der Waals surface area contributed by atoms with Crippen LogP contribution >= 0.6 is 12.2 Å². The SMILES string of the molecule is Cc1ccc2c(-c3ccc(NC(=S)Nc4ccc(-c5c6ccc(=O)cc-6oc6cc(O)ccc56)c(C(=O)O)c4)cc3C(=O)O)c3ccc(=O)cc-3oc2c1. The molecular weight excluding hydrogens is 709 g/mol. The first-order valence-corrected chi connectivity index (χ1v) is 16.8. The molecule has 0 aromatic heterocycles. The number of carboxylic acids is 2. The number of benzene rings is 6. The number of hydrogen-bond donors (Lipinski definition) is 5. The van der Waals surface area contributed by atoms with Gasteiger partial charge in [0.25, 0.3) is 0 Å². The summed E-state index contributed by atoms with van der Waals surface area (Å²) in [5.41, 5.74) is 4.60. The monoisotopic (exact) mass is 734 g/mol. The molecular formula is C42H26N2O9S. The van der Waals surface area contributed by atoms with E-state index in [9.17, 15) is 34.5 Å². The fraction of sp³-hybridized carbons (Fsp3) is 0.0238. The van der Waals surface area contributed by atoms with Crippen LogP contribution in [0.1, 0.15) is 26.3 Å². The average Bonchev–Trinajstić information content (AvgIpc) is 3.12. The standard InChI is InChI=1S/C42H26N2O9S/c1-20-2-8-28-34(14-20)52-35-17-23(45)5-11-29(35)38(28)26-9-3-21(15-32(26)40(48)49)43-42(54)44-22-4-10-27(33(16-22)41(50)51)39-30-12-6-24(46)18-36(30)53-37-19-25(47)7-13-31(37)39/h2-19,46H,1H3,(H,48,49)(H,50,51)(H2,43,44,54). The van der Waals surface area contributed by atoms with Gasteiger partial charge in [0, 0.05) is 62.6 Å². The van der Waals surface area contributed by atoms with Gasteiger partial charge in [0.2, 0.25) is 0 Å². The molecule has 5 N–H and O–H groups in total. The first kappa shape index (κ1) is 33.8. The Bertz CT molecular complexity index is 2750. The number of anilines is 2. The highest BCUT2D eigenvalue weighted by Crippen LogP contribution is 2.44. The second-order valence-corrected chi connectivity index (χ2v) is 13.1. The summed E-state index contributed by atoms with van der Waals surface area (Å²) in [6, 6.07) is 28.1. The number of aromatic carboxylic acids is 2. The van der Waals surface area contributed by atoms with E-state index in [4.69, 9.17) is 21.1 Å². The second-order valence-electron chi connectivity index (χ2n) is 12.7. The fourth-order valence-electron chi connectivity index (χ4n) is 6.74. The molecule has 4 aromatic rings. The summed E-state index contributed by atoms with van der Waals surface area (Å²) in [5.74, 6) is -1.94. The Balaban J connectivity index is 1.14. The lowest BCUT2D eigenvalue weighted by atomic mass is 9.90. The van der Waals surface area contributed by atoms with Crippen molar-refractivity contribution in [3.63, 3.8) is 0 Å². The minimum Gasteiger partial charge on any atom is -0.508 e. The number of aromatic hydroxyl groups is 1. The molecule has 0 saturated heterocycles. The fourth-order valence-corrected chi connectivity index (χ4v) is 6.98. The van der Waals surface area contributed by atoms with Gasteiger partial charge in [-0.15, -0.1) is 0 Å². The number of nitrogens with one attached hydrogen (secondary N) is 2. The van der Waals surface area contributed by atoms with E-state index in [0.29, 0.717) is 66.9 Å². The Morgan fingerprint density at radius 3 is 1.54 bits per heavy atom. The summed E-state index contributed by atoms with van der Waals surface area (Å²) in [6.07, 6.45) is 0. The molecule has 0 unspecified atom stereocenters. The van der Waals surface area contributed by atoms with Crippen molar-refractivity contribution in [2.45, 2.75) is 6.92 Å². The van der Waals surface area contributed by atoms with Gasteiger partial charge in [-0.3, -0.25) is 9.59 Å². The van der Waals surface area contributed by atoms with E-state index in [1.807, 2.05) is 25.1 Å². The number of thiocarbonyl (C=S) groups is 1. The van der Waals surface area contributed by atoms with E-state index in [1.54, 1.807) is 42.5 Å². The molecule has 8 rings (SSSR count). The van der Waals surface area contributed by atoms with Crippen LogP contribution in [-0.4, -0.2) is 32.4 Å². The number of carbonyl (C=O) groups is 2. The third-order valence-corrected chi connectivity index (χ3v) is 9.28. The Kier molecular flexibility index (Phi) is 8.16. The van der Waals surface area contributed by atoms with Gasteiger partial charge < -0.3 is 34.8 Å². The maximum absolute atomic E-state index is 12.7. The molecule has 264 valence electrons. The van der Waals surface area contributed by atoms with Crippen molar-refractivity contribution in [3.05, 3.63) is 146 Å². The largest absolute Gasteiger partial charge is 0.508 e. The number of carboxylic acid groups (broad SMARTS) is 2. The summed E-state index contributed by atoms with van der Waals surface area (Å²) in [4.78, 5) is 49.8. The summed E-state index contributed by atoms with van der Waals surface area (Å²) in [5, 5.41) is 38.1. The zero-order chi connectivity index (χ0) is 37.8. The van der Waals surface area contributed by atoms with E-state index in [-0.39, 0.29) is 44.2 Å². The lowest BCUT2D eigenvalue weighted by Crippen LogP contribution is -2.19. The predicted molar refractivity (Wildman–Crippen MR) is 209 cm³/mol. The number of phenols is 1. The van der Waals surface area contributed by atoms with Crippen LogP contribution in [0.2, 0.25) is 0 Å². The van der Waals surface area contributed by atoms with E-state index >= 15 is 0 Å². The van der Waals surface area contributed by atoms with Crippen LogP contribution in [0.15, 0.2) is 128 Å². The highest BCUT2D eigenvalue weighted by atomic mass is 32.1. The van der Waals surface area contributed by atoms with Gasteiger partial charge in [-0.1, -0.05) is 24.3 Å². The van der Waals surface area contributed by atoms with Gasteiger partial charge >= 0.3 is 11.9 Å². The quantitative estimate of drug-likeness (QED) is 0.0812. The maximum Gasteiger partial charge on any atom is 0.336 e. The Hall–Kier alpha value is -7.31. The van der Waals surface area contributed by atoms with E-state index in [1.165, 1.54) is 48.5 Å². The average molecular weight is 735 g/mol. The maximum atomic E-state index is 12.7. The zero-order valence-electron chi connectivity index (χ0n) is 28.1. The third kappa shape index (κ3) is 6.06. The lowest BCUT2D eigenvalue weighted by molar-refractivity contribution is 0.0687. The van der Waals surface area contributed by atoms with Gasteiger partial charge in [0.1, 0.15) is 28.4 Å². The van der Waals surface area contributed by atoms with Crippen LogP contribution in [0.4, 0.5) is 11.4 Å². The van der Waals surface area contributed by atoms with Crippen LogP contribution in [0.3, 0.4) is 0 Å². The highest BCUT2D eigenvalue weighted by Gasteiger charge is 2.24. The summed E-state index contributed by atoms with van der Waals surface area (Å²) >= 11 is 5.57. The summed E-state index contributed by atoms with van der Waals surface area (Å²) in [7, 11) is 0. The minimum atomic E-state index is -1.23. The Morgan fingerprint density at radius 2 is 1.04 bits per heavy atom. The smallest absolute Gasteiger partial charge is 0.336 e. The first-order valence-electron chi connectivity index (χ1n) is 16.4. The predicted octanol–water partition coefficient (Wildman–Crippen LogP) is 8.66. The molecule has 2 aliphatic carbocycles. The molecule has 0 radical (unpaired) electrons. The van der Waals surface area contributed by atoms with Crippen molar-refractivity contribution in [1.29, 1.82) is 0 Å². The molecule has 11 nitrogen and oxygen atoms in total. The van der Waals surface area contributed by atoms with Crippen molar-refractivity contribution < 1.29 is 33.7 Å². The van der Waals surface area contributed by atoms with E-state index in [0.717, 1.165) is 5.56 Å². The highest BCUT2D eigenvalue weighted by molar-refractivity contribution is 7.80. The molecule has 0 atom stereocenters. The molecule has 2 aliphatic heterocycles. The summed E-state index contributed by atoms with van der Waals surface area (Å²) < 4.78 is 12.0. The molecule has 2 heterocycles. The molecule has 4 aliphatic rings. The van der Waals surface area contributed by atoms with Crippen LogP contribution in [-0.2, 0) is 0 Å². The van der Waals surface area contributed by atoms with Crippen molar-refractivity contribution >= 4 is 62.6 Å². The Morgan fingerprint density at radius 1 is 0.574 bits per heavy atom. The third-order valence-electron chi connectivity index (χ3n) is 9.08. The number of aryl methyl sites for hydroxylation is 1. The normalized spacial score (nSPS) is 11.3. The van der Waals surface area contributed by atoms with Crippen molar-refractivity contribution in [1.82, 2.24) is 0 Å². The van der Waals surface area contributed by atoms with Crippen molar-refractivity contribution in [2.75, 3.05) is 10.6 Å². The van der Waals surface area contributed by atoms with Gasteiger partial charge in [-0.2, -0.15) is 0 Å². The molecule has 0 saturated carbocycles. The van der Waals surface area contributed by atoms with Crippen LogP contribution in [0, 0.1) is 6.92 Å². The number of phenolic OH excluding ortho intramolecular Hbond substituents is 1.